The van der Waals surface area contributed by atoms with E-state index in [2.05, 4.69) is 10.1 Å². The highest BCUT2D eigenvalue weighted by molar-refractivity contribution is 5.34. The number of rotatable bonds is 0. The lowest BCUT2D eigenvalue weighted by atomic mass is 10.6. The minimum atomic E-state index is -0.224. The highest BCUT2D eigenvalue weighted by Crippen LogP contribution is 1.93. The Balaban J connectivity index is 2.89. The van der Waals surface area contributed by atoms with Crippen molar-refractivity contribution >= 4 is 5.65 Å². The van der Waals surface area contributed by atoms with E-state index in [0.717, 1.165) is 4.52 Å². The summed E-state index contributed by atoms with van der Waals surface area (Å²) in [5, 5.41) is 3.62. The first kappa shape index (κ1) is 2.10. The van der Waals surface area contributed by atoms with Crippen LogP contribution in [0.5, 0.6) is 0 Å². The Kier molecular flexibility index (Phi) is 0.361. The summed E-state index contributed by atoms with van der Waals surface area (Å²) in [5.74, 6) is 0. The summed E-state index contributed by atoms with van der Waals surface area (Å²) < 4.78 is 30.1. The minimum Gasteiger partial charge on any atom is -0.236 e. The Morgan fingerprint density at radius 3 is 3.56 bits per heavy atom. The fourth-order valence-electron chi connectivity index (χ4n) is 0.580. The molecule has 0 spiro atoms. The van der Waals surface area contributed by atoms with Crippen molar-refractivity contribution in [2.45, 2.75) is 0 Å². The molecule has 0 aliphatic heterocycles. The van der Waals surface area contributed by atoms with Gasteiger partial charge in [-0.05, 0) is 12.1 Å². The zero-order valence-corrected chi connectivity index (χ0v) is 4.42. The average Bonchev–Trinajstić information content (AvgIpc) is 2.32. The normalized spacial score (nSPS) is 16.4. The van der Waals surface area contributed by atoms with Gasteiger partial charge in [0.1, 0.15) is 0 Å². The fourth-order valence-corrected chi connectivity index (χ4v) is 0.580. The van der Waals surface area contributed by atoms with E-state index in [9.17, 15) is 0 Å². The molecule has 0 saturated heterocycles. The molecule has 3 heteroatoms. The number of hydrogen-bond donors (Lipinski definition) is 0. The van der Waals surface area contributed by atoms with Gasteiger partial charge in [0.2, 0.25) is 0 Å². The molecule has 2 rings (SSSR count). The summed E-state index contributed by atoms with van der Waals surface area (Å²) in [6, 6.07) is 1.25. The van der Waals surface area contributed by atoms with Gasteiger partial charge in [0.15, 0.2) is 5.65 Å². The molecule has 0 aliphatic carbocycles. The molecule has 0 aromatic carbocycles. The number of nitrogens with zero attached hydrogens (tertiary/aromatic N) is 3. The van der Waals surface area contributed by atoms with E-state index in [-0.39, 0.29) is 30.2 Å². The topological polar surface area (TPSA) is 30.2 Å². The van der Waals surface area contributed by atoms with E-state index in [1.54, 1.807) is 0 Å². The second-order valence-electron chi connectivity index (χ2n) is 1.51. The molecule has 0 amide bonds. The van der Waals surface area contributed by atoms with Crippen LogP contribution in [0, 0.1) is 0 Å². The molecule has 0 radical (unpaired) electrons. The van der Waals surface area contributed by atoms with Gasteiger partial charge in [0.25, 0.3) is 0 Å². The molecule has 44 valence electrons. The fraction of sp³-hybridized carbons (Fsp3) is 0. The minimum absolute atomic E-state index is 0.0579. The largest absolute Gasteiger partial charge is 0.236 e. The average molecular weight is 123 g/mol. The smallest absolute Gasteiger partial charge is 0.153 e. The Morgan fingerprint density at radius 2 is 2.56 bits per heavy atom. The van der Waals surface area contributed by atoms with Crippen LogP contribution in [0.15, 0.2) is 30.6 Å². The van der Waals surface area contributed by atoms with Gasteiger partial charge < -0.3 is 0 Å². The van der Waals surface area contributed by atoms with Gasteiger partial charge in [-0.2, -0.15) is 5.10 Å². The SMILES string of the molecule is [2H]c1cc2nc([2H])c([2H])n2nc1[2H]. The number of imidazole rings is 1. The lowest BCUT2D eigenvalue weighted by Crippen LogP contribution is -1.85. The van der Waals surface area contributed by atoms with Crippen molar-refractivity contribution in [3.05, 3.63) is 30.6 Å². The van der Waals surface area contributed by atoms with Gasteiger partial charge in [0.05, 0.1) is 5.48 Å². The monoisotopic (exact) mass is 123 g/mol. The van der Waals surface area contributed by atoms with Crippen LogP contribution in [0.2, 0.25) is 0 Å². The lowest BCUT2D eigenvalue weighted by Gasteiger charge is -1.85. The quantitative estimate of drug-likeness (QED) is 0.517. The van der Waals surface area contributed by atoms with Crippen molar-refractivity contribution in [2.24, 2.45) is 0 Å². The first-order valence-electron chi connectivity index (χ1n) is 4.40. The lowest BCUT2D eigenvalue weighted by molar-refractivity contribution is 0.936. The number of aromatic nitrogens is 3. The van der Waals surface area contributed by atoms with Crippen LogP contribution in [-0.4, -0.2) is 14.6 Å². The van der Waals surface area contributed by atoms with Gasteiger partial charge in [-0.25, -0.2) is 9.50 Å². The molecular formula is C6H5N3. The highest BCUT2D eigenvalue weighted by atomic mass is 15.2. The maximum Gasteiger partial charge on any atom is 0.153 e. The van der Waals surface area contributed by atoms with E-state index in [0.29, 0.717) is 0 Å². The molecule has 2 heterocycles. The first-order chi connectivity index (χ1) is 6.09. The Hall–Kier alpha value is -1.38. The van der Waals surface area contributed by atoms with Crippen LogP contribution in [0.25, 0.3) is 5.65 Å². The van der Waals surface area contributed by atoms with Crippen molar-refractivity contribution < 1.29 is 5.48 Å². The van der Waals surface area contributed by atoms with Crippen molar-refractivity contribution in [1.82, 2.24) is 14.6 Å². The molecule has 2 aromatic heterocycles. The van der Waals surface area contributed by atoms with Gasteiger partial charge in [-0.1, -0.05) is 0 Å². The summed E-state index contributed by atoms with van der Waals surface area (Å²) in [5.41, 5.74) is 0.260. The van der Waals surface area contributed by atoms with Crippen LogP contribution in [0.4, 0.5) is 0 Å². The Morgan fingerprint density at radius 1 is 1.56 bits per heavy atom. The van der Waals surface area contributed by atoms with Gasteiger partial charge >= 0.3 is 0 Å². The Labute approximate surface area is 57.6 Å². The molecule has 0 aliphatic rings. The standard InChI is InChI=1S/C6H5N3/c1-2-6-7-4-5-9(6)8-3-1/h1-5H/i1D,3D,4D,5D. The first-order valence-corrected chi connectivity index (χ1v) is 2.40. The van der Waals surface area contributed by atoms with E-state index in [1.165, 1.54) is 6.07 Å². The molecule has 0 atom stereocenters. The maximum absolute atomic E-state index is 7.34. The van der Waals surface area contributed by atoms with Gasteiger partial charge in [-0.15, -0.1) is 0 Å². The van der Waals surface area contributed by atoms with E-state index >= 15 is 0 Å². The van der Waals surface area contributed by atoms with E-state index < -0.39 is 0 Å². The zero-order chi connectivity index (χ0) is 9.59. The summed E-state index contributed by atoms with van der Waals surface area (Å²) in [7, 11) is 0. The molecule has 9 heavy (non-hydrogen) atoms. The second kappa shape index (κ2) is 1.55. The third kappa shape index (κ3) is 0.579. The number of fused-ring (bicyclic) bond motifs is 1. The molecule has 0 saturated carbocycles. The van der Waals surface area contributed by atoms with Crippen LogP contribution in [-0.2, 0) is 0 Å². The maximum atomic E-state index is 7.34. The highest BCUT2D eigenvalue weighted by Gasteiger charge is 1.86. The van der Waals surface area contributed by atoms with Crippen molar-refractivity contribution in [3.8, 4) is 0 Å². The van der Waals surface area contributed by atoms with Crippen LogP contribution >= 0.6 is 0 Å². The van der Waals surface area contributed by atoms with Crippen molar-refractivity contribution in [3.63, 3.8) is 0 Å². The van der Waals surface area contributed by atoms with E-state index in [4.69, 9.17) is 5.48 Å². The molecule has 0 N–H and O–H groups in total. The third-order valence-electron chi connectivity index (χ3n) is 0.959. The van der Waals surface area contributed by atoms with Crippen molar-refractivity contribution in [2.75, 3.05) is 0 Å². The van der Waals surface area contributed by atoms with Gasteiger partial charge in [0, 0.05) is 18.5 Å². The Bertz CT molecular complexity index is 478. The molecule has 2 aromatic rings. The van der Waals surface area contributed by atoms with E-state index in [1.807, 2.05) is 0 Å². The predicted octanol–water partition coefficient (Wildman–Crippen LogP) is 0.729. The molecule has 0 unspecified atom stereocenters. The number of hydrogen-bond acceptors (Lipinski definition) is 2. The molecule has 0 fully saturated rings. The van der Waals surface area contributed by atoms with Crippen LogP contribution in [0.3, 0.4) is 0 Å². The molecular weight excluding hydrogens is 114 g/mol. The summed E-state index contributed by atoms with van der Waals surface area (Å²) >= 11 is 0. The van der Waals surface area contributed by atoms with Gasteiger partial charge in [-0.3, -0.25) is 0 Å². The molecule has 0 bridgehead atoms. The summed E-state index contributed by atoms with van der Waals surface area (Å²) in [6.45, 7) is 0. The summed E-state index contributed by atoms with van der Waals surface area (Å²) in [4.78, 5) is 3.69. The zero-order valence-electron chi connectivity index (χ0n) is 8.42. The van der Waals surface area contributed by atoms with Crippen LogP contribution in [0.1, 0.15) is 5.48 Å². The molecule has 3 nitrogen and oxygen atoms in total. The third-order valence-corrected chi connectivity index (χ3v) is 0.959. The second-order valence-corrected chi connectivity index (χ2v) is 1.51. The predicted molar refractivity (Wildman–Crippen MR) is 33.0 cm³/mol. The summed E-state index contributed by atoms with van der Waals surface area (Å²) in [6.07, 6.45) is -0.584. The van der Waals surface area contributed by atoms with Crippen LogP contribution < -0.4 is 0 Å². The van der Waals surface area contributed by atoms with Crippen molar-refractivity contribution in [1.29, 1.82) is 0 Å².